The lowest BCUT2D eigenvalue weighted by Crippen LogP contribution is -2.49. The fourth-order valence-electron chi connectivity index (χ4n) is 3.08. The van der Waals surface area contributed by atoms with E-state index in [1.807, 2.05) is 24.4 Å². The lowest BCUT2D eigenvalue weighted by Gasteiger charge is -2.38. The zero-order valence-electron chi connectivity index (χ0n) is 14.0. The summed E-state index contributed by atoms with van der Waals surface area (Å²) in [7, 11) is 1.42. The van der Waals surface area contributed by atoms with Gasteiger partial charge in [0, 0.05) is 48.8 Å². The van der Waals surface area contributed by atoms with Crippen LogP contribution in [0.4, 0.5) is 5.13 Å². The maximum Gasteiger partial charge on any atom is 0.327 e. The molecule has 3 rings (SSSR count). The molecule has 1 atom stereocenters. The van der Waals surface area contributed by atoms with Crippen LogP contribution in [0.15, 0.2) is 30.5 Å². The molecule has 134 valence electrons. The zero-order valence-corrected chi connectivity index (χ0v) is 15.6. The highest BCUT2D eigenvalue weighted by atomic mass is 35.5. The molecule has 1 unspecified atom stereocenters. The number of aromatic nitrogens is 1. The molecule has 6 nitrogen and oxygen atoms in total. The van der Waals surface area contributed by atoms with Crippen LogP contribution in [0, 0.1) is 0 Å². The number of ether oxygens (including phenoxy) is 1. The van der Waals surface area contributed by atoms with Gasteiger partial charge in [0.25, 0.3) is 0 Å². The Hall–Kier alpha value is -1.67. The lowest BCUT2D eigenvalue weighted by molar-refractivity contribution is -0.148. The van der Waals surface area contributed by atoms with Crippen molar-refractivity contribution in [1.29, 1.82) is 0 Å². The van der Waals surface area contributed by atoms with E-state index in [4.69, 9.17) is 22.1 Å². The predicted molar refractivity (Wildman–Crippen MR) is 99.6 cm³/mol. The van der Waals surface area contributed by atoms with Crippen LogP contribution in [-0.2, 0) is 16.1 Å². The Balaban J connectivity index is 1.66. The van der Waals surface area contributed by atoms with E-state index >= 15 is 0 Å². The van der Waals surface area contributed by atoms with Gasteiger partial charge in [0.15, 0.2) is 5.13 Å². The molecular weight excluding hydrogens is 360 g/mol. The summed E-state index contributed by atoms with van der Waals surface area (Å²) in [6.07, 6.45) is 1.83. The Kier molecular flexibility index (Phi) is 5.90. The van der Waals surface area contributed by atoms with Crippen LogP contribution in [0.2, 0.25) is 5.02 Å². The van der Waals surface area contributed by atoms with Crippen molar-refractivity contribution in [2.75, 3.05) is 39.0 Å². The number of nitrogen functional groups attached to an aromatic ring is 1. The number of piperazine rings is 1. The van der Waals surface area contributed by atoms with Crippen LogP contribution in [0.25, 0.3) is 0 Å². The number of nitrogens with two attached hydrogens (primary N) is 1. The average Bonchev–Trinajstić information content (AvgIpc) is 3.01. The van der Waals surface area contributed by atoms with Gasteiger partial charge in [0.05, 0.1) is 7.11 Å². The van der Waals surface area contributed by atoms with Gasteiger partial charge >= 0.3 is 5.97 Å². The van der Waals surface area contributed by atoms with Crippen molar-refractivity contribution in [3.63, 3.8) is 0 Å². The van der Waals surface area contributed by atoms with E-state index < -0.39 is 6.04 Å². The van der Waals surface area contributed by atoms with Gasteiger partial charge < -0.3 is 10.5 Å². The van der Waals surface area contributed by atoms with Crippen molar-refractivity contribution in [1.82, 2.24) is 14.8 Å². The van der Waals surface area contributed by atoms with Crippen molar-refractivity contribution >= 4 is 34.0 Å². The molecule has 1 aromatic carbocycles. The van der Waals surface area contributed by atoms with E-state index in [0.717, 1.165) is 43.2 Å². The van der Waals surface area contributed by atoms with Gasteiger partial charge in [-0.1, -0.05) is 23.7 Å². The molecule has 1 aliphatic rings. The third-order valence-electron chi connectivity index (χ3n) is 4.31. The maximum atomic E-state index is 12.4. The van der Waals surface area contributed by atoms with Crippen molar-refractivity contribution in [2.45, 2.75) is 12.6 Å². The second kappa shape index (κ2) is 8.14. The number of methoxy groups -OCH3 is 1. The summed E-state index contributed by atoms with van der Waals surface area (Å²) >= 11 is 7.62. The van der Waals surface area contributed by atoms with E-state index in [9.17, 15) is 4.79 Å². The quantitative estimate of drug-likeness (QED) is 0.803. The zero-order chi connectivity index (χ0) is 17.8. The molecule has 2 heterocycles. The highest BCUT2D eigenvalue weighted by Crippen LogP contribution is 2.26. The average molecular weight is 381 g/mol. The third kappa shape index (κ3) is 4.49. The van der Waals surface area contributed by atoms with Crippen molar-refractivity contribution < 1.29 is 9.53 Å². The number of carbonyl (C=O) groups is 1. The van der Waals surface area contributed by atoms with E-state index in [2.05, 4.69) is 14.8 Å². The molecule has 0 aliphatic carbocycles. The molecule has 0 radical (unpaired) electrons. The minimum absolute atomic E-state index is 0.258. The lowest BCUT2D eigenvalue weighted by atomic mass is 10.0. The van der Waals surface area contributed by atoms with Crippen LogP contribution in [-0.4, -0.2) is 54.0 Å². The molecular formula is C17H21ClN4O2S. The Bertz CT molecular complexity index is 731. The van der Waals surface area contributed by atoms with Crippen molar-refractivity contribution in [2.24, 2.45) is 0 Å². The molecule has 0 bridgehead atoms. The maximum absolute atomic E-state index is 12.4. The van der Waals surface area contributed by atoms with Crippen molar-refractivity contribution in [3.05, 3.63) is 45.9 Å². The topological polar surface area (TPSA) is 71.7 Å². The molecule has 0 amide bonds. The summed E-state index contributed by atoms with van der Waals surface area (Å²) < 4.78 is 5.03. The van der Waals surface area contributed by atoms with E-state index in [0.29, 0.717) is 10.2 Å². The summed E-state index contributed by atoms with van der Waals surface area (Å²) in [6.45, 7) is 4.13. The molecule has 8 heteroatoms. The van der Waals surface area contributed by atoms with Gasteiger partial charge in [0.1, 0.15) is 6.04 Å². The Labute approximate surface area is 156 Å². The van der Waals surface area contributed by atoms with Crippen LogP contribution >= 0.6 is 22.9 Å². The number of nitrogens with zero attached hydrogens (tertiary/aromatic N) is 3. The van der Waals surface area contributed by atoms with Crippen LogP contribution in [0.3, 0.4) is 0 Å². The summed E-state index contributed by atoms with van der Waals surface area (Å²) in [5, 5.41) is 1.22. The molecule has 1 aliphatic heterocycles. The Morgan fingerprint density at radius 3 is 2.76 bits per heavy atom. The monoisotopic (exact) mass is 380 g/mol. The first-order valence-corrected chi connectivity index (χ1v) is 9.26. The van der Waals surface area contributed by atoms with Gasteiger partial charge in [-0.05, 0) is 17.7 Å². The molecule has 1 aromatic heterocycles. The first kappa shape index (κ1) is 18.1. The Morgan fingerprint density at radius 1 is 1.40 bits per heavy atom. The molecule has 1 fully saturated rings. The molecule has 25 heavy (non-hydrogen) atoms. The van der Waals surface area contributed by atoms with Crippen LogP contribution < -0.4 is 5.73 Å². The van der Waals surface area contributed by atoms with Gasteiger partial charge in [-0.2, -0.15) is 0 Å². The van der Waals surface area contributed by atoms with E-state index in [1.165, 1.54) is 18.4 Å². The molecule has 2 N–H and O–H groups in total. The van der Waals surface area contributed by atoms with Crippen LogP contribution in [0.5, 0.6) is 0 Å². The second-order valence-corrected chi connectivity index (χ2v) is 7.54. The van der Waals surface area contributed by atoms with Gasteiger partial charge in [0.2, 0.25) is 0 Å². The number of benzene rings is 1. The minimum atomic E-state index is -0.426. The number of carbonyl (C=O) groups excluding carboxylic acids is 1. The number of rotatable bonds is 5. The van der Waals surface area contributed by atoms with Gasteiger partial charge in [-0.25, -0.2) is 9.78 Å². The fraction of sp³-hybridized carbons (Fsp3) is 0.412. The summed E-state index contributed by atoms with van der Waals surface area (Å²) in [4.78, 5) is 22.1. The molecule has 0 saturated carbocycles. The molecule has 2 aromatic rings. The fourth-order valence-corrected chi connectivity index (χ4v) is 4.01. The van der Waals surface area contributed by atoms with Crippen LogP contribution in [0.1, 0.15) is 16.5 Å². The minimum Gasteiger partial charge on any atom is -0.468 e. The number of halogens is 1. The van der Waals surface area contributed by atoms with Gasteiger partial charge in [-0.3, -0.25) is 9.80 Å². The summed E-state index contributed by atoms with van der Waals surface area (Å²) in [5.41, 5.74) is 6.55. The standard InChI is InChI=1S/C17H21ClN4O2S/c1-24-16(23)15(12-3-2-4-13(18)9-12)22-7-5-21(6-8-22)11-14-10-20-17(19)25-14/h2-4,9-10,15H,5-8,11H2,1H3,(H2,19,20). The largest absolute Gasteiger partial charge is 0.468 e. The second-order valence-electron chi connectivity index (χ2n) is 5.96. The number of hydrogen-bond acceptors (Lipinski definition) is 7. The molecule has 0 spiro atoms. The third-order valence-corrected chi connectivity index (χ3v) is 5.36. The van der Waals surface area contributed by atoms with E-state index in [-0.39, 0.29) is 5.97 Å². The summed E-state index contributed by atoms with van der Waals surface area (Å²) in [6, 6.07) is 6.98. The number of thiazole rings is 1. The highest BCUT2D eigenvalue weighted by molar-refractivity contribution is 7.15. The highest BCUT2D eigenvalue weighted by Gasteiger charge is 2.31. The summed E-state index contributed by atoms with van der Waals surface area (Å²) in [5.74, 6) is -0.258. The number of anilines is 1. The first-order valence-electron chi connectivity index (χ1n) is 8.06. The smallest absolute Gasteiger partial charge is 0.327 e. The SMILES string of the molecule is COC(=O)C(c1cccc(Cl)c1)N1CCN(Cc2cnc(N)s2)CC1. The number of hydrogen-bond donors (Lipinski definition) is 1. The Morgan fingerprint density at radius 2 is 2.16 bits per heavy atom. The van der Waals surface area contributed by atoms with E-state index in [1.54, 1.807) is 6.07 Å². The number of esters is 1. The predicted octanol–water partition coefficient (Wildman–Crippen LogP) is 2.41. The van der Waals surface area contributed by atoms with Crippen molar-refractivity contribution in [3.8, 4) is 0 Å². The molecule has 1 saturated heterocycles. The first-order chi connectivity index (χ1) is 12.1. The normalized spacial score (nSPS) is 17.4. The van der Waals surface area contributed by atoms with Gasteiger partial charge in [-0.15, -0.1) is 11.3 Å².